The maximum absolute atomic E-state index is 11.0. The van der Waals surface area contributed by atoms with Gasteiger partial charge < -0.3 is 21.3 Å². The molecule has 7 nitrogen and oxygen atoms in total. The van der Waals surface area contributed by atoms with Crippen LogP contribution < -0.4 is 16.2 Å². The molecular weight excluding hydrogens is 308 g/mol. The molecule has 0 radical (unpaired) electrons. The molecule has 0 fully saturated rings. The maximum atomic E-state index is 11.0. The van der Waals surface area contributed by atoms with E-state index in [1.54, 1.807) is 6.92 Å². The van der Waals surface area contributed by atoms with Crippen LogP contribution in [0, 0.1) is 6.92 Å². The number of nitrogen functional groups attached to an aromatic ring is 1. The molecule has 0 spiro atoms. The number of benzene rings is 1. The molecule has 0 bridgehead atoms. The smallest absolute Gasteiger partial charge is 0.353 e. The Kier molecular flexibility index (Phi) is 4.82. The van der Waals surface area contributed by atoms with E-state index in [1.807, 2.05) is 45.0 Å². The summed E-state index contributed by atoms with van der Waals surface area (Å²) in [4.78, 5) is 11.0. The Morgan fingerprint density at radius 2 is 1.88 bits per heavy atom. The largest absolute Gasteiger partial charge is 0.491 e. The molecule has 0 amide bonds. The lowest BCUT2D eigenvalue weighted by Gasteiger charge is -2.10. The molecule has 24 heavy (non-hydrogen) atoms. The number of aromatic nitrogens is 2. The normalized spacial score (nSPS) is 12.2. The summed E-state index contributed by atoms with van der Waals surface area (Å²) in [5, 5.41) is 13.3. The summed E-state index contributed by atoms with van der Waals surface area (Å²) >= 11 is 0. The number of carboxylic acids is 1. The van der Waals surface area contributed by atoms with E-state index >= 15 is 0 Å². The van der Waals surface area contributed by atoms with Crippen LogP contribution >= 0.6 is 0 Å². The summed E-state index contributed by atoms with van der Waals surface area (Å²) in [6.07, 6.45) is 0.0946. The monoisotopic (exact) mass is 330 g/mol. The molecule has 1 aromatic carbocycles. The number of allylic oxidation sites excluding steroid dienone is 1. The van der Waals surface area contributed by atoms with Crippen molar-refractivity contribution in [2.75, 3.05) is 5.73 Å². The van der Waals surface area contributed by atoms with E-state index in [-0.39, 0.29) is 17.5 Å². The van der Waals surface area contributed by atoms with E-state index < -0.39 is 5.97 Å². The van der Waals surface area contributed by atoms with Gasteiger partial charge in [0, 0.05) is 5.56 Å². The number of carbonyl (C=O) groups is 1. The fourth-order valence-electron chi connectivity index (χ4n) is 2.40. The highest BCUT2D eigenvalue weighted by Gasteiger charge is 2.18. The minimum Gasteiger partial charge on any atom is -0.491 e. The zero-order valence-electron chi connectivity index (χ0n) is 14.2. The summed E-state index contributed by atoms with van der Waals surface area (Å²) in [5.74, 6) is -0.105. The Morgan fingerprint density at radius 3 is 2.38 bits per heavy atom. The van der Waals surface area contributed by atoms with Crippen molar-refractivity contribution < 1.29 is 14.6 Å². The number of aliphatic carboxylic acids is 1. The van der Waals surface area contributed by atoms with Gasteiger partial charge in [-0.25, -0.2) is 9.48 Å². The number of carboxylic acid groups (broad SMARTS) is 1. The fraction of sp³-hybridized carbons (Fsp3) is 0.294. The van der Waals surface area contributed by atoms with E-state index in [2.05, 4.69) is 5.10 Å². The van der Waals surface area contributed by atoms with Gasteiger partial charge in [0.05, 0.1) is 17.5 Å². The summed E-state index contributed by atoms with van der Waals surface area (Å²) in [7, 11) is 0. The number of rotatable bonds is 5. The van der Waals surface area contributed by atoms with Crippen molar-refractivity contribution in [3.05, 3.63) is 35.7 Å². The molecule has 0 aliphatic heterocycles. The number of ether oxygens (including phenoxy) is 1. The molecule has 2 rings (SSSR count). The summed E-state index contributed by atoms with van der Waals surface area (Å²) in [5.41, 5.74) is 14.0. The van der Waals surface area contributed by atoms with Gasteiger partial charge in [0.2, 0.25) is 0 Å². The predicted molar refractivity (Wildman–Crippen MR) is 93.3 cm³/mol. The van der Waals surface area contributed by atoms with Crippen molar-refractivity contribution in [1.29, 1.82) is 0 Å². The third-order valence-corrected chi connectivity index (χ3v) is 3.55. The van der Waals surface area contributed by atoms with Crippen LogP contribution in [-0.4, -0.2) is 27.0 Å². The average Bonchev–Trinajstić information content (AvgIpc) is 2.81. The van der Waals surface area contributed by atoms with Gasteiger partial charge in [-0.15, -0.1) is 0 Å². The van der Waals surface area contributed by atoms with Crippen LogP contribution in [0.2, 0.25) is 0 Å². The minimum atomic E-state index is -1.21. The van der Waals surface area contributed by atoms with E-state index in [4.69, 9.17) is 21.3 Å². The maximum Gasteiger partial charge on any atom is 0.353 e. The standard InChI is InChI=1S/C17H22N4O3/c1-9(2)24-13-7-5-12(6-8-13)14-10(3)20-21(16(14)19)11(4)15(18)17(22)23/h5-9H,18-19H2,1-4H3,(H,22,23)/b15-11-. The van der Waals surface area contributed by atoms with Crippen LogP contribution in [0.25, 0.3) is 16.8 Å². The van der Waals surface area contributed by atoms with Gasteiger partial charge in [-0.1, -0.05) is 12.1 Å². The summed E-state index contributed by atoms with van der Waals surface area (Å²) in [6, 6.07) is 7.50. The number of nitrogens with two attached hydrogens (primary N) is 2. The molecule has 0 atom stereocenters. The third-order valence-electron chi connectivity index (χ3n) is 3.55. The van der Waals surface area contributed by atoms with E-state index in [0.29, 0.717) is 11.5 Å². The Bertz CT molecular complexity index is 789. The zero-order valence-corrected chi connectivity index (χ0v) is 14.2. The Balaban J connectivity index is 2.46. The van der Waals surface area contributed by atoms with Crippen molar-refractivity contribution in [2.24, 2.45) is 5.73 Å². The number of hydrogen-bond acceptors (Lipinski definition) is 5. The first-order valence-corrected chi connectivity index (χ1v) is 7.54. The molecule has 0 aliphatic rings. The molecule has 5 N–H and O–H groups in total. The fourth-order valence-corrected chi connectivity index (χ4v) is 2.40. The average molecular weight is 330 g/mol. The topological polar surface area (TPSA) is 116 Å². The highest BCUT2D eigenvalue weighted by Crippen LogP contribution is 2.32. The number of hydrogen-bond donors (Lipinski definition) is 3. The molecule has 0 aliphatic carbocycles. The lowest BCUT2D eigenvalue weighted by Crippen LogP contribution is -2.16. The second-order valence-electron chi connectivity index (χ2n) is 5.75. The first-order chi connectivity index (χ1) is 11.2. The SMILES string of the molecule is C/C(=C(/N)C(=O)O)n1nc(C)c(-c2ccc(OC(C)C)cc2)c1N. The third kappa shape index (κ3) is 3.34. The van der Waals surface area contributed by atoms with Crippen LogP contribution in [0.3, 0.4) is 0 Å². The van der Waals surface area contributed by atoms with Crippen molar-refractivity contribution in [3.8, 4) is 16.9 Å². The lowest BCUT2D eigenvalue weighted by molar-refractivity contribution is -0.132. The van der Waals surface area contributed by atoms with Gasteiger partial charge in [-0.3, -0.25) is 0 Å². The van der Waals surface area contributed by atoms with E-state index in [9.17, 15) is 4.79 Å². The van der Waals surface area contributed by atoms with Crippen LogP contribution in [0.4, 0.5) is 5.82 Å². The van der Waals surface area contributed by atoms with Gasteiger partial charge in [0.1, 0.15) is 17.3 Å². The van der Waals surface area contributed by atoms with Crippen molar-refractivity contribution in [2.45, 2.75) is 33.8 Å². The highest BCUT2D eigenvalue weighted by atomic mass is 16.5. The number of anilines is 1. The van der Waals surface area contributed by atoms with Crippen molar-refractivity contribution in [3.63, 3.8) is 0 Å². The second kappa shape index (κ2) is 6.66. The first-order valence-electron chi connectivity index (χ1n) is 7.54. The Hall–Kier alpha value is -2.96. The first kappa shape index (κ1) is 17.4. The van der Waals surface area contributed by atoms with E-state index in [1.165, 1.54) is 4.68 Å². The Morgan fingerprint density at radius 1 is 1.29 bits per heavy atom. The molecule has 0 unspecified atom stereocenters. The molecular formula is C17H22N4O3. The molecule has 1 heterocycles. The molecule has 1 aromatic heterocycles. The van der Waals surface area contributed by atoms with Crippen LogP contribution in [-0.2, 0) is 4.79 Å². The minimum absolute atomic E-state index is 0.0946. The van der Waals surface area contributed by atoms with Gasteiger partial charge in [-0.2, -0.15) is 5.10 Å². The zero-order chi connectivity index (χ0) is 18.0. The van der Waals surface area contributed by atoms with Gasteiger partial charge in [0.25, 0.3) is 0 Å². The number of aryl methyl sites for hydroxylation is 1. The molecule has 0 saturated heterocycles. The van der Waals surface area contributed by atoms with Gasteiger partial charge >= 0.3 is 5.97 Å². The second-order valence-corrected chi connectivity index (χ2v) is 5.75. The quantitative estimate of drug-likeness (QED) is 0.725. The number of nitrogens with zero attached hydrogens (tertiary/aromatic N) is 2. The predicted octanol–water partition coefficient (Wildman–Crippen LogP) is 2.46. The Labute approximate surface area is 140 Å². The van der Waals surface area contributed by atoms with Crippen molar-refractivity contribution in [1.82, 2.24) is 9.78 Å². The molecule has 0 saturated carbocycles. The summed E-state index contributed by atoms with van der Waals surface area (Å²) < 4.78 is 6.98. The van der Waals surface area contributed by atoms with Crippen LogP contribution in [0.15, 0.2) is 30.0 Å². The highest BCUT2D eigenvalue weighted by molar-refractivity contribution is 5.92. The molecule has 128 valence electrons. The van der Waals surface area contributed by atoms with E-state index in [0.717, 1.165) is 16.9 Å². The van der Waals surface area contributed by atoms with Gasteiger partial charge in [-0.05, 0) is 45.4 Å². The van der Waals surface area contributed by atoms with Crippen LogP contribution in [0.1, 0.15) is 26.5 Å². The van der Waals surface area contributed by atoms with Crippen molar-refractivity contribution >= 4 is 17.5 Å². The van der Waals surface area contributed by atoms with Crippen LogP contribution in [0.5, 0.6) is 5.75 Å². The molecule has 7 heteroatoms. The molecule has 2 aromatic rings. The van der Waals surface area contributed by atoms with Gasteiger partial charge in [0.15, 0.2) is 0 Å². The lowest BCUT2D eigenvalue weighted by atomic mass is 10.1. The summed E-state index contributed by atoms with van der Waals surface area (Å²) in [6.45, 7) is 7.30.